The maximum Gasteiger partial charge on any atom is 0.151 e. The van der Waals surface area contributed by atoms with Gasteiger partial charge in [-0.3, -0.25) is 0 Å². The normalized spacial score (nSPS) is 27.1. The first kappa shape index (κ1) is 15.9. The first-order valence-corrected chi connectivity index (χ1v) is 8.77. The molecule has 0 aromatic rings. The van der Waals surface area contributed by atoms with Crippen molar-refractivity contribution in [3.63, 3.8) is 0 Å². The van der Waals surface area contributed by atoms with Crippen molar-refractivity contribution in [2.75, 3.05) is 26.9 Å². The minimum absolute atomic E-state index is 0.132. The van der Waals surface area contributed by atoms with Crippen molar-refractivity contribution in [2.45, 2.75) is 50.4 Å². The molecule has 0 aliphatic heterocycles. The Bertz CT molecular complexity index is 352. The fraction of sp³-hybridized carbons (Fsp3) is 1.00. The van der Waals surface area contributed by atoms with Gasteiger partial charge in [-0.05, 0) is 32.9 Å². The topological polar surface area (TPSA) is 49.4 Å². The van der Waals surface area contributed by atoms with Gasteiger partial charge in [-0.15, -0.1) is 0 Å². The molecule has 0 bridgehead atoms. The fourth-order valence-electron chi connectivity index (χ4n) is 2.75. The Balaban J connectivity index is 2.68. The molecule has 1 saturated carbocycles. The molecule has 1 aliphatic carbocycles. The molecule has 1 aliphatic rings. The standard InChI is InChI=1S/C13H28N2O2S/c1-10(2)12(9-15(3)4)14-11-7-6-8-13(11)18(5,16)17/h10-14H,6-9H2,1-5H3. The predicted molar refractivity (Wildman–Crippen MR) is 76.6 cm³/mol. The van der Waals surface area contributed by atoms with E-state index in [1.165, 1.54) is 6.26 Å². The van der Waals surface area contributed by atoms with Crippen molar-refractivity contribution in [1.29, 1.82) is 0 Å². The van der Waals surface area contributed by atoms with Gasteiger partial charge in [-0.25, -0.2) is 8.42 Å². The molecule has 0 amide bonds. The van der Waals surface area contributed by atoms with Crippen LogP contribution in [0.3, 0.4) is 0 Å². The van der Waals surface area contributed by atoms with E-state index in [0.717, 1.165) is 25.8 Å². The zero-order valence-electron chi connectivity index (χ0n) is 12.3. The lowest BCUT2D eigenvalue weighted by Crippen LogP contribution is -2.50. The minimum atomic E-state index is -2.93. The van der Waals surface area contributed by atoms with Crippen LogP contribution in [0.15, 0.2) is 0 Å². The summed E-state index contributed by atoms with van der Waals surface area (Å²) in [5.74, 6) is 0.508. The summed E-state index contributed by atoms with van der Waals surface area (Å²) in [6, 6.07) is 0.486. The molecule has 1 N–H and O–H groups in total. The molecule has 18 heavy (non-hydrogen) atoms. The highest BCUT2D eigenvalue weighted by Gasteiger charge is 2.36. The van der Waals surface area contributed by atoms with Crippen molar-refractivity contribution in [3.8, 4) is 0 Å². The third-order valence-corrected chi connectivity index (χ3v) is 5.46. The molecule has 0 aromatic heterocycles. The average molecular weight is 276 g/mol. The van der Waals surface area contributed by atoms with Gasteiger partial charge in [0.1, 0.15) is 0 Å². The maximum atomic E-state index is 11.8. The van der Waals surface area contributed by atoms with Gasteiger partial charge < -0.3 is 10.2 Å². The largest absolute Gasteiger partial charge is 0.308 e. The maximum absolute atomic E-state index is 11.8. The number of sulfone groups is 1. The van der Waals surface area contributed by atoms with Gasteiger partial charge in [0.2, 0.25) is 0 Å². The van der Waals surface area contributed by atoms with Crippen molar-refractivity contribution >= 4 is 9.84 Å². The summed E-state index contributed by atoms with van der Waals surface area (Å²) in [4.78, 5) is 2.15. The third kappa shape index (κ3) is 4.52. The Morgan fingerprint density at radius 2 is 1.89 bits per heavy atom. The van der Waals surface area contributed by atoms with E-state index < -0.39 is 9.84 Å². The van der Waals surface area contributed by atoms with Gasteiger partial charge in [-0.1, -0.05) is 20.3 Å². The lowest BCUT2D eigenvalue weighted by Gasteiger charge is -2.31. The molecular formula is C13H28N2O2S. The van der Waals surface area contributed by atoms with E-state index in [9.17, 15) is 8.42 Å². The first-order chi connectivity index (χ1) is 8.21. The summed E-state index contributed by atoms with van der Waals surface area (Å²) >= 11 is 0. The highest BCUT2D eigenvalue weighted by atomic mass is 32.2. The molecule has 0 aromatic carbocycles. The second-order valence-electron chi connectivity index (χ2n) is 6.18. The summed E-state index contributed by atoms with van der Waals surface area (Å²) in [5, 5.41) is 3.39. The van der Waals surface area contributed by atoms with Crippen molar-refractivity contribution < 1.29 is 8.42 Å². The van der Waals surface area contributed by atoms with E-state index in [0.29, 0.717) is 12.0 Å². The van der Waals surface area contributed by atoms with Crippen LogP contribution in [0.4, 0.5) is 0 Å². The average Bonchev–Trinajstić information content (AvgIpc) is 2.63. The molecule has 3 unspecified atom stereocenters. The molecule has 1 fully saturated rings. The lowest BCUT2D eigenvalue weighted by molar-refractivity contribution is 0.269. The van der Waals surface area contributed by atoms with E-state index in [4.69, 9.17) is 0 Å². The second-order valence-corrected chi connectivity index (χ2v) is 8.45. The van der Waals surface area contributed by atoms with E-state index in [-0.39, 0.29) is 11.3 Å². The molecular weight excluding hydrogens is 248 g/mol. The Morgan fingerprint density at radius 1 is 1.28 bits per heavy atom. The Labute approximate surface area is 112 Å². The van der Waals surface area contributed by atoms with Crippen LogP contribution in [0.1, 0.15) is 33.1 Å². The van der Waals surface area contributed by atoms with Gasteiger partial charge in [0.25, 0.3) is 0 Å². The van der Waals surface area contributed by atoms with E-state index in [2.05, 4.69) is 38.2 Å². The van der Waals surface area contributed by atoms with Crippen LogP contribution in [-0.4, -0.2) is 57.5 Å². The second kappa shape index (κ2) is 6.35. The highest BCUT2D eigenvalue weighted by Crippen LogP contribution is 2.26. The molecule has 0 heterocycles. The van der Waals surface area contributed by atoms with Crippen LogP contribution in [0.5, 0.6) is 0 Å². The Hall–Kier alpha value is -0.130. The van der Waals surface area contributed by atoms with E-state index in [1.807, 2.05) is 0 Å². The molecule has 4 nitrogen and oxygen atoms in total. The summed E-state index contributed by atoms with van der Waals surface area (Å²) < 4.78 is 23.5. The molecule has 108 valence electrons. The van der Waals surface area contributed by atoms with Crippen LogP contribution < -0.4 is 5.32 Å². The summed E-state index contributed by atoms with van der Waals surface area (Å²) in [5.41, 5.74) is 0. The van der Waals surface area contributed by atoms with Crippen LogP contribution in [0.2, 0.25) is 0 Å². The molecule has 0 radical (unpaired) electrons. The van der Waals surface area contributed by atoms with Crippen LogP contribution in [0, 0.1) is 5.92 Å². The van der Waals surface area contributed by atoms with Gasteiger partial charge in [0.15, 0.2) is 9.84 Å². The van der Waals surface area contributed by atoms with Gasteiger partial charge in [0, 0.05) is 24.9 Å². The quantitative estimate of drug-likeness (QED) is 0.790. The van der Waals surface area contributed by atoms with Crippen molar-refractivity contribution in [1.82, 2.24) is 10.2 Å². The number of hydrogen-bond donors (Lipinski definition) is 1. The first-order valence-electron chi connectivity index (χ1n) is 6.81. The third-order valence-electron chi connectivity index (χ3n) is 3.80. The van der Waals surface area contributed by atoms with Crippen LogP contribution in [0.25, 0.3) is 0 Å². The molecule has 0 saturated heterocycles. The zero-order valence-corrected chi connectivity index (χ0v) is 13.1. The minimum Gasteiger partial charge on any atom is -0.308 e. The number of rotatable bonds is 6. The van der Waals surface area contributed by atoms with Crippen LogP contribution >= 0.6 is 0 Å². The number of likely N-dealkylation sites (N-methyl/N-ethyl adjacent to an activating group) is 1. The van der Waals surface area contributed by atoms with Crippen molar-refractivity contribution in [2.24, 2.45) is 5.92 Å². The molecule has 1 rings (SSSR count). The summed E-state index contributed by atoms with van der Waals surface area (Å²) in [6.45, 7) is 5.32. The molecule has 5 heteroatoms. The monoisotopic (exact) mass is 276 g/mol. The highest BCUT2D eigenvalue weighted by molar-refractivity contribution is 7.91. The van der Waals surface area contributed by atoms with E-state index in [1.54, 1.807) is 0 Å². The number of nitrogens with one attached hydrogen (secondary N) is 1. The van der Waals surface area contributed by atoms with Crippen LogP contribution in [-0.2, 0) is 9.84 Å². The SMILES string of the molecule is CC(C)C(CN(C)C)NC1CCCC1S(C)(=O)=O. The lowest BCUT2D eigenvalue weighted by atomic mass is 10.0. The molecule has 3 atom stereocenters. The predicted octanol–water partition coefficient (Wildman–Crippen LogP) is 1.13. The van der Waals surface area contributed by atoms with Crippen molar-refractivity contribution in [3.05, 3.63) is 0 Å². The molecule has 0 spiro atoms. The zero-order chi connectivity index (χ0) is 13.9. The van der Waals surface area contributed by atoms with Gasteiger partial charge in [0.05, 0.1) is 5.25 Å². The smallest absolute Gasteiger partial charge is 0.151 e. The Kier molecular flexibility index (Phi) is 5.62. The summed E-state index contributed by atoms with van der Waals surface area (Å²) in [6.07, 6.45) is 4.17. The van der Waals surface area contributed by atoms with Gasteiger partial charge >= 0.3 is 0 Å². The Morgan fingerprint density at radius 3 is 2.33 bits per heavy atom. The number of nitrogens with zero attached hydrogens (tertiary/aromatic N) is 1. The fourth-order valence-corrected chi connectivity index (χ4v) is 4.16. The number of hydrogen-bond acceptors (Lipinski definition) is 4. The van der Waals surface area contributed by atoms with E-state index >= 15 is 0 Å². The summed E-state index contributed by atoms with van der Waals surface area (Å²) in [7, 11) is 1.18. The van der Waals surface area contributed by atoms with Gasteiger partial charge in [-0.2, -0.15) is 0 Å².